The summed E-state index contributed by atoms with van der Waals surface area (Å²) in [5, 5.41) is 9.22. The monoisotopic (exact) mass is 546 g/mol. The highest BCUT2D eigenvalue weighted by atomic mass is 16.5. The summed E-state index contributed by atoms with van der Waals surface area (Å²) in [7, 11) is 0. The van der Waals surface area contributed by atoms with Gasteiger partial charge >= 0.3 is 11.8 Å². The van der Waals surface area contributed by atoms with Gasteiger partial charge in [0, 0.05) is 11.4 Å². The number of amides is 3. The van der Waals surface area contributed by atoms with Crippen molar-refractivity contribution in [2.75, 3.05) is 30.5 Å². The maximum absolute atomic E-state index is 12.4. The van der Waals surface area contributed by atoms with Crippen LogP contribution in [0.4, 0.5) is 11.4 Å². The fourth-order valence-corrected chi connectivity index (χ4v) is 3.53. The second-order valence-electron chi connectivity index (χ2n) is 8.51. The summed E-state index contributed by atoms with van der Waals surface area (Å²) in [5.74, 6) is -0.620. The molecule has 3 amide bonds. The Morgan fingerprint density at radius 1 is 0.825 bits per heavy atom. The average molecular weight is 547 g/mol. The normalized spacial score (nSPS) is 10.6. The van der Waals surface area contributed by atoms with E-state index in [0.717, 1.165) is 24.1 Å². The van der Waals surface area contributed by atoms with Gasteiger partial charge in [-0.2, -0.15) is 5.10 Å². The lowest BCUT2D eigenvalue weighted by atomic mass is 10.1. The fraction of sp³-hybridized carbons (Fsp3) is 0.267. The van der Waals surface area contributed by atoms with Crippen molar-refractivity contribution in [3.05, 3.63) is 77.9 Å². The van der Waals surface area contributed by atoms with Crippen LogP contribution >= 0.6 is 0 Å². The SMILES string of the molecule is CCCOc1ccc(NC(=O)C(=O)N/N=C\c2ccc(OCC(=O)Nc3ccccc3CC)c(OCC)c2)cc1. The van der Waals surface area contributed by atoms with E-state index in [4.69, 9.17) is 14.2 Å². The highest BCUT2D eigenvalue weighted by Gasteiger charge is 2.14. The van der Waals surface area contributed by atoms with Gasteiger partial charge in [0.1, 0.15) is 5.75 Å². The van der Waals surface area contributed by atoms with Crippen molar-refractivity contribution in [3.8, 4) is 17.2 Å². The number of rotatable bonds is 13. The lowest BCUT2D eigenvalue weighted by Crippen LogP contribution is -2.32. The molecule has 0 unspecified atom stereocenters. The molecule has 0 aliphatic carbocycles. The summed E-state index contributed by atoms with van der Waals surface area (Å²) in [6.45, 7) is 6.62. The number of aryl methyl sites for hydroxylation is 1. The molecule has 0 spiro atoms. The molecule has 3 rings (SSSR count). The van der Waals surface area contributed by atoms with Crippen molar-refractivity contribution in [1.29, 1.82) is 0 Å². The molecule has 40 heavy (non-hydrogen) atoms. The number of nitrogens with one attached hydrogen (secondary N) is 3. The molecule has 0 bridgehead atoms. The van der Waals surface area contributed by atoms with Crippen molar-refractivity contribution in [2.45, 2.75) is 33.6 Å². The summed E-state index contributed by atoms with van der Waals surface area (Å²) in [6.07, 6.45) is 3.05. The second-order valence-corrected chi connectivity index (χ2v) is 8.51. The molecule has 0 saturated carbocycles. The number of hydrogen-bond acceptors (Lipinski definition) is 7. The molecule has 0 aliphatic heterocycles. The van der Waals surface area contributed by atoms with Gasteiger partial charge in [-0.05, 0) is 79.4 Å². The van der Waals surface area contributed by atoms with Crippen molar-refractivity contribution in [2.24, 2.45) is 5.10 Å². The van der Waals surface area contributed by atoms with Crippen LogP contribution in [0.3, 0.4) is 0 Å². The molecule has 0 atom stereocenters. The Labute approximate surface area is 233 Å². The Bertz CT molecular complexity index is 1320. The first-order valence-electron chi connectivity index (χ1n) is 13.1. The van der Waals surface area contributed by atoms with Crippen molar-refractivity contribution in [3.63, 3.8) is 0 Å². The summed E-state index contributed by atoms with van der Waals surface area (Å²) < 4.78 is 16.8. The molecule has 0 heterocycles. The third kappa shape index (κ3) is 9.16. The van der Waals surface area contributed by atoms with Crippen molar-refractivity contribution in [1.82, 2.24) is 5.43 Å². The number of ether oxygens (including phenoxy) is 3. The van der Waals surface area contributed by atoms with Crippen molar-refractivity contribution < 1.29 is 28.6 Å². The number of hydrazone groups is 1. The molecule has 210 valence electrons. The maximum Gasteiger partial charge on any atom is 0.329 e. The second kappa shape index (κ2) is 15.5. The Morgan fingerprint density at radius 2 is 1.60 bits per heavy atom. The first-order valence-corrected chi connectivity index (χ1v) is 13.1. The van der Waals surface area contributed by atoms with E-state index in [1.165, 1.54) is 6.21 Å². The minimum atomic E-state index is -0.928. The standard InChI is InChI=1S/C30H34N4O6/c1-4-17-39-24-14-12-23(13-15-24)32-29(36)30(37)34-31-19-21-11-16-26(27(18-21)38-6-3)40-20-28(35)33-25-10-8-7-9-22(25)5-2/h7-16,18-19H,4-6,17,20H2,1-3H3,(H,32,36)(H,33,35)(H,34,37)/b31-19-. The van der Waals surface area contributed by atoms with E-state index < -0.39 is 11.8 Å². The smallest absolute Gasteiger partial charge is 0.329 e. The first kappa shape index (κ1) is 29.7. The van der Waals surface area contributed by atoms with Crippen LogP contribution in [0.25, 0.3) is 0 Å². The van der Waals surface area contributed by atoms with Gasteiger partial charge in [-0.1, -0.05) is 32.0 Å². The molecule has 10 heteroatoms. The van der Waals surface area contributed by atoms with E-state index in [1.807, 2.05) is 45.0 Å². The lowest BCUT2D eigenvalue weighted by molar-refractivity contribution is -0.136. The Balaban J connectivity index is 1.53. The van der Waals surface area contributed by atoms with E-state index in [1.54, 1.807) is 42.5 Å². The third-order valence-corrected chi connectivity index (χ3v) is 5.47. The number of hydrogen-bond donors (Lipinski definition) is 3. The van der Waals surface area contributed by atoms with Gasteiger partial charge in [0.15, 0.2) is 18.1 Å². The number of carbonyl (C=O) groups excluding carboxylic acids is 3. The van der Waals surface area contributed by atoms with Crippen LogP contribution in [0, 0.1) is 0 Å². The zero-order chi connectivity index (χ0) is 28.7. The summed E-state index contributed by atoms with van der Waals surface area (Å²) >= 11 is 0. The molecule has 3 aromatic carbocycles. The van der Waals surface area contributed by atoms with E-state index in [9.17, 15) is 14.4 Å². The van der Waals surface area contributed by atoms with Gasteiger partial charge in [-0.3, -0.25) is 14.4 Å². The van der Waals surface area contributed by atoms with E-state index in [2.05, 4.69) is 21.2 Å². The molecule has 3 aromatic rings. The van der Waals surface area contributed by atoms with E-state index in [0.29, 0.717) is 41.7 Å². The van der Waals surface area contributed by atoms with Gasteiger partial charge in [-0.25, -0.2) is 5.43 Å². The van der Waals surface area contributed by atoms with Crippen LogP contribution in [0.2, 0.25) is 0 Å². The predicted molar refractivity (Wildman–Crippen MR) is 154 cm³/mol. The molecule has 10 nitrogen and oxygen atoms in total. The van der Waals surface area contributed by atoms with Crippen LogP contribution in [0.1, 0.15) is 38.3 Å². The quantitative estimate of drug-likeness (QED) is 0.164. The average Bonchev–Trinajstić information content (AvgIpc) is 2.96. The Kier molecular flexibility index (Phi) is 11.5. The van der Waals surface area contributed by atoms with E-state index >= 15 is 0 Å². The zero-order valence-electron chi connectivity index (χ0n) is 22.9. The fourth-order valence-electron chi connectivity index (χ4n) is 3.53. The van der Waals surface area contributed by atoms with Crippen molar-refractivity contribution >= 4 is 35.3 Å². The lowest BCUT2D eigenvalue weighted by Gasteiger charge is -2.13. The maximum atomic E-state index is 12.4. The third-order valence-electron chi connectivity index (χ3n) is 5.47. The van der Waals surface area contributed by atoms with Crippen LogP contribution in [0.15, 0.2) is 71.8 Å². The van der Waals surface area contributed by atoms with Crippen LogP contribution < -0.4 is 30.3 Å². The van der Waals surface area contributed by atoms with Crippen LogP contribution in [-0.4, -0.2) is 43.8 Å². The topological polar surface area (TPSA) is 127 Å². The summed E-state index contributed by atoms with van der Waals surface area (Å²) in [4.78, 5) is 36.8. The van der Waals surface area contributed by atoms with Crippen LogP contribution in [-0.2, 0) is 20.8 Å². The molecule has 3 N–H and O–H groups in total. The molecule has 0 aliphatic rings. The Morgan fingerprint density at radius 3 is 2.33 bits per heavy atom. The van der Waals surface area contributed by atoms with Gasteiger partial charge < -0.3 is 24.8 Å². The minimum absolute atomic E-state index is 0.203. The highest BCUT2D eigenvalue weighted by molar-refractivity contribution is 6.39. The van der Waals surface area contributed by atoms with Gasteiger partial charge in [0.05, 0.1) is 19.4 Å². The molecule has 0 saturated heterocycles. The van der Waals surface area contributed by atoms with Gasteiger partial charge in [-0.15, -0.1) is 0 Å². The molecule has 0 radical (unpaired) electrons. The minimum Gasteiger partial charge on any atom is -0.494 e. The van der Waals surface area contributed by atoms with Gasteiger partial charge in [0.2, 0.25) is 0 Å². The van der Waals surface area contributed by atoms with Gasteiger partial charge in [0.25, 0.3) is 5.91 Å². The molecular weight excluding hydrogens is 512 g/mol. The molecule has 0 aromatic heterocycles. The van der Waals surface area contributed by atoms with E-state index in [-0.39, 0.29) is 12.5 Å². The predicted octanol–water partition coefficient (Wildman–Crippen LogP) is 4.54. The summed E-state index contributed by atoms with van der Waals surface area (Å²) in [6, 6.07) is 19.3. The number of para-hydroxylation sites is 1. The Hall–Kier alpha value is -4.86. The molecular formula is C30H34N4O6. The first-order chi connectivity index (χ1) is 19.4. The number of benzene rings is 3. The number of carbonyl (C=O) groups is 3. The molecule has 0 fully saturated rings. The summed E-state index contributed by atoms with van der Waals surface area (Å²) in [5.41, 5.74) is 5.02. The largest absolute Gasteiger partial charge is 0.494 e. The zero-order valence-corrected chi connectivity index (χ0v) is 22.9. The number of anilines is 2. The highest BCUT2D eigenvalue weighted by Crippen LogP contribution is 2.28. The van der Waals surface area contributed by atoms with Crippen LogP contribution in [0.5, 0.6) is 17.2 Å². The number of nitrogens with zero attached hydrogens (tertiary/aromatic N) is 1.